The number of methoxy groups -OCH3 is 1. The maximum atomic E-state index is 13.8. The fourth-order valence-electron chi connectivity index (χ4n) is 2.86. The van der Waals surface area contributed by atoms with Gasteiger partial charge in [0.2, 0.25) is 0 Å². The predicted octanol–water partition coefficient (Wildman–Crippen LogP) is 2.72. The number of rotatable bonds is 10. The largest absolute Gasteiger partial charge is 0.494 e. The van der Waals surface area contributed by atoms with Crippen LogP contribution in [0.5, 0.6) is 5.75 Å². The lowest BCUT2D eigenvalue weighted by Crippen LogP contribution is -2.38. The second kappa shape index (κ2) is 12.5. The SMILES string of the molecule is CCNC(=NCc1ccc(OC)c(F)c1)NCCCOCC1CCOCC1. The van der Waals surface area contributed by atoms with Crippen LogP contribution in [-0.4, -0.2) is 52.6 Å². The van der Waals surface area contributed by atoms with Crippen LogP contribution in [-0.2, 0) is 16.0 Å². The smallest absolute Gasteiger partial charge is 0.191 e. The number of hydrogen-bond donors (Lipinski definition) is 2. The van der Waals surface area contributed by atoms with Crippen LogP contribution in [0.3, 0.4) is 0 Å². The van der Waals surface area contributed by atoms with Gasteiger partial charge in [0.15, 0.2) is 17.5 Å². The molecule has 6 nitrogen and oxygen atoms in total. The van der Waals surface area contributed by atoms with Gasteiger partial charge in [-0.05, 0) is 49.8 Å². The van der Waals surface area contributed by atoms with Gasteiger partial charge < -0.3 is 24.8 Å². The third-order valence-electron chi connectivity index (χ3n) is 4.43. The summed E-state index contributed by atoms with van der Waals surface area (Å²) in [4.78, 5) is 4.50. The topological polar surface area (TPSA) is 64.1 Å². The standard InChI is InChI=1S/C20H32FN3O3/c1-3-22-20(24-14-17-5-6-19(25-2)18(21)13-17)23-9-4-10-27-15-16-7-11-26-12-8-16/h5-6,13,16H,3-4,7-12,14-15H2,1-2H3,(H2,22,23,24). The number of ether oxygens (including phenoxy) is 3. The van der Waals surface area contributed by atoms with E-state index >= 15 is 0 Å². The number of nitrogens with one attached hydrogen (secondary N) is 2. The van der Waals surface area contributed by atoms with E-state index in [2.05, 4.69) is 15.6 Å². The van der Waals surface area contributed by atoms with Crippen molar-refractivity contribution in [2.45, 2.75) is 32.7 Å². The summed E-state index contributed by atoms with van der Waals surface area (Å²) in [6.45, 7) is 7.22. The molecule has 1 aliphatic heterocycles. The third kappa shape index (κ3) is 8.13. The molecule has 0 radical (unpaired) electrons. The van der Waals surface area contributed by atoms with Crippen molar-refractivity contribution in [1.29, 1.82) is 0 Å². The summed E-state index contributed by atoms with van der Waals surface area (Å²) in [6.07, 6.45) is 3.10. The Hall–Kier alpha value is -1.86. The van der Waals surface area contributed by atoms with Gasteiger partial charge in [-0.25, -0.2) is 9.38 Å². The van der Waals surface area contributed by atoms with Gasteiger partial charge in [0.05, 0.1) is 13.7 Å². The molecule has 2 N–H and O–H groups in total. The van der Waals surface area contributed by atoms with E-state index in [4.69, 9.17) is 14.2 Å². The zero-order valence-corrected chi connectivity index (χ0v) is 16.4. The first-order chi connectivity index (χ1) is 13.2. The maximum absolute atomic E-state index is 13.8. The molecular formula is C20H32FN3O3. The highest BCUT2D eigenvalue weighted by molar-refractivity contribution is 5.79. The lowest BCUT2D eigenvalue weighted by atomic mass is 10.0. The molecule has 0 atom stereocenters. The second-order valence-electron chi connectivity index (χ2n) is 6.58. The van der Waals surface area contributed by atoms with E-state index in [1.54, 1.807) is 6.07 Å². The highest BCUT2D eigenvalue weighted by Gasteiger charge is 2.13. The van der Waals surface area contributed by atoms with Crippen LogP contribution in [0.2, 0.25) is 0 Å². The first-order valence-electron chi connectivity index (χ1n) is 9.73. The van der Waals surface area contributed by atoms with Crippen molar-refractivity contribution in [3.05, 3.63) is 29.6 Å². The Morgan fingerprint density at radius 3 is 2.81 bits per heavy atom. The van der Waals surface area contributed by atoms with Crippen molar-refractivity contribution in [3.63, 3.8) is 0 Å². The van der Waals surface area contributed by atoms with Gasteiger partial charge in [-0.1, -0.05) is 6.07 Å². The van der Waals surface area contributed by atoms with Crippen molar-refractivity contribution < 1.29 is 18.6 Å². The normalized spacial score (nSPS) is 15.6. The number of nitrogens with zero attached hydrogens (tertiary/aromatic N) is 1. The van der Waals surface area contributed by atoms with Gasteiger partial charge in [0.1, 0.15) is 0 Å². The minimum Gasteiger partial charge on any atom is -0.494 e. The molecule has 1 saturated heterocycles. The van der Waals surface area contributed by atoms with Gasteiger partial charge in [0.25, 0.3) is 0 Å². The molecule has 1 aromatic carbocycles. The van der Waals surface area contributed by atoms with Crippen molar-refractivity contribution in [1.82, 2.24) is 10.6 Å². The van der Waals surface area contributed by atoms with E-state index in [-0.39, 0.29) is 11.6 Å². The van der Waals surface area contributed by atoms with Gasteiger partial charge >= 0.3 is 0 Å². The quantitative estimate of drug-likeness (QED) is 0.371. The molecule has 1 fully saturated rings. The average Bonchev–Trinajstić information content (AvgIpc) is 2.69. The molecule has 0 aromatic heterocycles. The average molecular weight is 381 g/mol. The van der Waals surface area contributed by atoms with E-state index in [9.17, 15) is 4.39 Å². The van der Waals surface area contributed by atoms with Crippen molar-refractivity contribution >= 4 is 5.96 Å². The van der Waals surface area contributed by atoms with Crippen LogP contribution in [0, 0.1) is 11.7 Å². The van der Waals surface area contributed by atoms with Crippen LogP contribution in [0.4, 0.5) is 4.39 Å². The van der Waals surface area contributed by atoms with Gasteiger partial charge in [-0.2, -0.15) is 0 Å². The minimum absolute atomic E-state index is 0.244. The first-order valence-corrected chi connectivity index (χ1v) is 9.73. The summed E-state index contributed by atoms with van der Waals surface area (Å²) < 4.78 is 29.8. The number of aliphatic imine (C=N–C) groups is 1. The number of halogens is 1. The third-order valence-corrected chi connectivity index (χ3v) is 4.43. The Bertz CT molecular complexity index is 578. The van der Waals surface area contributed by atoms with E-state index in [0.717, 1.165) is 70.3 Å². The molecule has 0 unspecified atom stereocenters. The molecule has 0 saturated carbocycles. The van der Waals surface area contributed by atoms with Crippen molar-refractivity contribution in [3.8, 4) is 5.75 Å². The lowest BCUT2D eigenvalue weighted by Gasteiger charge is -2.21. The Kier molecular flexibility index (Phi) is 9.94. The predicted molar refractivity (Wildman–Crippen MR) is 105 cm³/mol. The van der Waals surface area contributed by atoms with Gasteiger partial charge in [-0.15, -0.1) is 0 Å². The van der Waals surface area contributed by atoms with Crippen LogP contribution >= 0.6 is 0 Å². The van der Waals surface area contributed by atoms with Crippen LogP contribution in [0.1, 0.15) is 31.7 Å². The van der Waals surface area contributed by atoms with Crippen molar-refractivity contribution in [2.24, 2.45) is 10.9 Å². The van der Waals surface area contributed by atoms with Crippen LogP contribution in [0.15, 0.2) is 23.2 Å². The Morgan fingerprint density at radius 1 is 1.30 bits per heavy atom. The maximum Gasteiger partial charge on any atom is 0.191 e. The van der Waals surface area contributed by atoms with E-state index in [1.165, 1.54) is 13.2 Å². The molecule has 0 aliphatic carbocycles. The molecule has 0 bridgehead atoms. The summed E-state index contributed by atoms with van der Waals surface area (Å²) in [5.74, 6) is 1.23. The van der Waals surface area contributed by atoms with Gasteiger partial charge in [-0.3, -0.25) is 0 Å². The summed E-state index contributed by atoms with van der Waals surface area (Å²) in [5.41, 5.74) is 0.797. The monoisotopic (exact) mass is 381 g/mol. The molecular weight excluding hydrogens is 349 g/mol. The summed E-state index contributed by atoms with van der Waals surface area (Å²) in [6, 6.07) is 4.89. The highest BCUT2D eigenvalue weighted by Crippen LogP contribution is 2.18. The number of guanidine groups is 1. The van der Waals surface area contributed by atoms with Crippen LogP contribution in [0.25, 0.3) is 0 Å². The molecule has 1 aliphatic rings. The zero-order chi connectivity index (χ0) is 19.3. The van der Waals surface area contributed by atoms with E-state index in [1.807, 2.05) is 13.0 Å². The summed E-state index contributed by atoms with van der Waals surface area (Å²) in [5, 5.41) is 6.49. The fourth-order valence-corrected chi connectivity index (χ4v) is 2.86. The fraction of sp³-hybridized carbons (Fsp3) is 0.650. The molecule has 1 heterocycles. The number of benzene rings is 1. The molecule has 2 rings (SSSR count). The van der Waals surface area contributed by atoms with Crippen molar-refractivity contribution in [2.75, 3.05) is 46.6 Å². The molecule has 0 spiro atoms. The van der Waals surface area contributed by atoms with E-state index in [0.29, 0.717) is 12.5 Å². The molecule has 27 heavy (non-hydrogen) atoms. The summed E-state index contributed by atoms with van der Waals surface area (Å²) >= 11 is 0. The molecule has 1 aromatic rings. The Labute approximate surface area is 161 Å². The Morgan fingerprint density at radius 2 is 2.11 bits per heavy atom. The Balaban J connectivity index is 1.67. The van der Waals surface area contributed by atoms with Gasteiger partial charge in [0, 0.05) is 39.5 Å². The lowest BCUT2D eigenvalue weighted by molar-refractivity contribution is 0.0203. The summed E-state index contributed by atoms with van der Waals surface area (Å²) in [7, 11) is 1.46. The molecule has 152 valence electrons. The second-order valence-corrected chi connectivity index (χ2v) is 6.58. The molecule has 0 amide bonds. The van der Waals surface area contributed by atoms with Crippen LogP contribution < -0.4 is 15.4 Å². The minimum atomic E-state index is -0.371. The van der Waals surface area contributed by atoms with E-state index < -0.39 is 0 Å². The first kappa shape index (κ1) is 21.4. The zero-order valence-electron chi connectivity index (χ0n) is 16.4. The highest BCUT2D eigenvalue weighted by atomic mass is 19.1. The number of hydrogen-bond acceptors (Lipinski definition) is 4. The molecule has 7 heteroatoms.